The quantitative estimate of drug-likeness (QED) is 0.0766. The van der Waals surface area contributed by atoms with E-state index < -0.39 is 90.1 Å². The number of ether oxygens (including phenoxy) is 1. The number of nitrogens with zero attached hydrogens (tertiary/aromatic N) is 2. The molecule has 252 valence electrons. The van der Waals surface area contributed by atoms with Crippen LogP contribution in [0.3, 0.4) is 0 Å². The number of sulfone groups is 1. The maximum absolute atomic E-state index is 13.8. The summed E-state index contributed by atoms with van der Waals surface area (Å²) in [5.74, 6) is -2.15. The molecule has 0 atom stereocenters. The van der Waals surface area contributed by atoms with Crippen molar-refractivity contribution in [1.29, 1.82) is 0 Å². The van der Waals surface area contributed by atoms with Crippen molar-refractivity contribution in [3.05, 3.63) is 65.7 Å². The molecule has 4 aromatic carbocycles. The monoisotopic (exact) mass is 773 g/mol. The molecule has 0 amide bonds. The molecule has 4 aromatic rings. The molecular formula is C27H25N3Na2O13S4. The van der Waals surface area contributed by atoms with Crippen molar-refractivity contribution < 1.29 is 117 Å². The van der Waals surface area contributed by atoms with Gasteiger partial charge in [0, 0.05) is 11.5 Å². The van der Waals surface area contributed by atoms with E-state index in [1.165, 1.54) is 37.3 Å². The number of azo groups is 1. The second-order valence-electron chi connectivity index (χ2n) is 10.0. The van der Waals surface area contributed by atoms with Crippen molar-refractivity contribution in [3.8, 4) is 11.5 Å². The second kappa shape index (κ2) is 16.0. The van der Waals surface area contributed by atoms with Gasteiger partial charge in [-0.25, -0.2) is 25.3 Å². The Morgan fingerprint density at radius 2 is 1.45 bits per heavy atom. The number of rotatable bonds is 11. The third-order valence-electron chi connectivity index (χ3n) is 6.68. The van der Waals surface area contributed by atoms with Gasteiger partial charge in [-0.05, 0) is 61.2 Å². The van der Waals surface area contributed by atoms with Gasteiger partial charge in [0.2, 0.25) is 0 Å². The van der Waals surface area contributed by atoms with Crippen LogP contribution in [0.15, 0.2) is 84.4 Å². The van der Waals surface area contributed by atoms with Crippen molar-refractivity contribution >= 4 is 67.9 Å². The first-order valence-corrected chi connectivity index (χ1v) is 19.0. The summed E-state index contributed by atoms with van der Waals surface area (Å²) >= 11 is 0. The summed E-state index contributed by atoms with van der Waals surface area (Å²) in [6.45, 7) is 2.41. The van der Waals surface area contributed by atoms with E-state index in [1.807, 2.05) is 0 Å². The third-order valence-corrected chi connectivity index (χ3v) is 11.6. The van der Waals surface area contributed by atoms with Gasteiger partial charge in [0.1, 0.15) is 26.5 Å². The van der Waals surface area contributed by atoms with Gasteiger partial charge >= 0.3 is 59.1 Å². The fraction of sp³-hybridized carbons (Fsp3) is 0.185. The molecule has 0 aromatic heterocycles. The smallest absolute Gasteiger partial charge is 0.870 e. The van der Waals surface area contributed by atoms with Crippen LogP contribution in [-0.2, 0) is 40.1 Å². The number of benzene rings is 4. The standard InChI is InChI=1S/C27H27N3O13S4.2Na/c1-15-4-6-18(7-5-15)45(35,36)30-21-13-19(46(37,38)39)11-17-12-24(47(40,41)42)26(27(32)25(17)21)29-28-20-10-16(2)23(14-22(20)43-3)44(33,34)9-8-31;;/h4-7,10-14,30-32H,8-9H2,1-3H3,(H,37,38,39)(H,40,41,42);;/q;2*+1/p-2. The van der Waals surface area contributed by atoms with Gasteiger partial charge in [0.05, 0.1) is 45.5 Å². The second-order valence-corrected chi connectivity index (χ2v) is 16.5. The van der Waals surface area contributed by atoms with E-state index in [-0.39, 0.29) is 85.9 Å². The summed E-state index contributed by atoms with van der Waals surface area (Å²) in [7, 11) is -17.9. The fourth-order valence-electron chi connectivity index (χ4n) is 4.45. The first-order valence-electron chi connectivity index (χ1n) is 13.0. The first kappa shape index (κ1) is 43.0. The Labute approximate surface area is 326 Å². The Balaban J connectivity index is 0.00000417. The van der Waals surface area contributed by atoms with Gasteiger partial charge in [0.25, 0.3) is 20.1 Å². The van der Waals surface area contributed by atoms with Gasteiger partial charge in [-0.15, -0.1) is 10.2 Å². The molecule has 0 heterocycles. The van der Waals surface area contributed by atoms with E-state index in [0.717, 1.165) is 13.2 Å². The summed E-state index contributed by atoms with van der Waals surface area (Å²) in [6, 6.07) is 9.41. The molecule has 0 radical (unpaired) electrons. The molecule has 22 heteroatoms. The van der Waals surface area contributed by atoms with Gasteiger partial charge in [-0.1, -0.05) is 23.4 Å². The van der Waals surface area contributed by atoms with Crippen LogP contribution >= 0.6 is 0 Å². The van der Waals surface area contributed by atoms with Crippen molar-refractivity contribution in [2.24, 2.45) is 10.2 Å². The van der Waals surface area contributed by atoms with Gasteiger partial charge in [-0.2, -0.15) is 8.42 Å². The molecule has 0 aliphatic heterocycles. The van der Waals surface area contributed by atoms with Gasteiger partial charge in [-0.3, -0.25) is 9.27 Å². The van der Waals surface area contributed by atoms with Crippen molar-refractivity contribution in [3.63, 3.8) is 0 Å². The van der Waals surface area contributed by atoms with Crippen LogP contribution in [0, 0.1) is 13.8 Å². The van der Waals surface area contributed by atoms with E-state index in [2.05, 4.69) is 15.0 Å². The Hall–Kier alpha value is -2.18. The largest absolute Gasteiger partial charge is 1.00 e. The normalized spacial score (nSPS) is 12.4. The van der Waals surface area contributed by atoms with Crippen LogP contribution in [0.2, 0.25) is 0 Å². The van der Waals surface area contributed by atoms with Crippen LogP contribution in [0.25, 0.3) is 10.8 Å². The van der Waals surface area contributed by atoms with Crippen LogP contribution in [0.1, 0.15) is 11.1 Å². The number of hydrogen-bond acceptors (Lipinski definition) is 14. The molecule has 0 spiro atoms. The summed E-state index contributed by atoms with van der Waals surface area (Å²) in [4.78, 5) is -2.73. The molecule has 0 unspecified atom stereocenters. The minimum Gasteiger partial charge on any atom is -0.870 e. The predicted molar refractivity (Wildman–Crippen MR) is 164 cm³/mol. The zero-order chi connectivity index (χ0) is 35.1. The van der Waals surface area contributed by atoms with Crippen LogP contribution < -0.4 is 73.7 Å². The average molecular weight is 774 g/mol. The summed E-state index contributed by atoms with van der Waals surface area (Å²) < 4.78 is 129. The molecule has 0 aliphatic carbocycles. The van der Waals surface area contributed by atoms with Crippen LogP contribution in [-0.4, -0.2) is 67.4 Å². The van der Waals surface area contributed by atoms with Gasteiger partial charge < -0.3 is 19.5 Å². The van der Waals surface area contributed by atoms with E-state index in [0.29, 0.717) is 23.8 Å². The summed E-state index contributed by atoms with van der Waals surface area (Å²) in [6.07, 6.45) is 0. The molecule has 16 nitrogen and oxygen atoms in total. The topological polar surface area (TPSA) is 269 Å². The van der Waals surface area contributed by atoms with Crippen molar-refractivity contribution in [2.75, 3.05) is 24.2 Å². The number of aliphatic hydroxyl groups is 1. The number of sulfonamides is 1. The molecule has 0 saturated carbocycles. The summed E-state index contributed by atoms with van der Waals surface area (Å²) in [5.41, 5.74) is -1.17. The molecule has 0 saturated heterocycles. The molecular weight excluding hydrogens is 749 g/mol. The van der Waals surface area contributed by atoms with E-state index in [4.69, 9.17) is 9.84 Å². The summed E-state index contributed by atoms with van der Waals surface area (Å²) in [5, 5.41) is 29.3. The zero-order valence-corrected chi connectivity index (χ0v) is 33.8. The Morgan fingerprint density at radius 1 is 0.837 bits per heavy atom. The number of aryl methyl sites for hydroxylation is 2. The molecule has 0 aliphatic rings. The SMILES string of the molecule is COc1cc(S(=O)(=O)CCO)c(C)cc1N=Nc1c(S(=O)(=O)O)cc2cc(S(=O)(=O)[O-])cc(NS(=O)(=O)c3ccc(C)cc3)c2c1[O-].[Na+].[Na+]. The number of nitrogens with one attached hydrogen (secondary N) is 1. The first-order chi connectivity index (χ1) is 21.7. The van der Waals surface area contributed by atoms with Crippen molar-refractivity contribution in [1.82, 2.24) is 0 Å². The molecule has 0 bridgehead atoms. The zero-order valence-electron chi connectivity index (χ0n) is 26.5. The number of methoxy groups -OCH3 is 1. The molecule has 0 fully saturated rings. The third kappa shape index (κ3) is 9.58. The van der Waals surface area contributed by atoms with Crippen LogP contribution in [0.4, 0.5) is 17.1 Å². The van der Waals surface area contributed by atoms with E-state index >= 15 is 0 Å². The molecule has 3 N–H and O–H groups in total. The number of aliphatic hydroxyl groups excluding tert-OH is 1. The minimum atomic E-state index is -5.31. The number of anilines is 1. The molecule has 4 rings (SSSR count). The van der Waals surface area contributed by atoms with Gasteiger partial charge in [0.15, 0.2) is 9.84 Å². The Morgan fingerprint density at radius 3 is 1.98 bits per heavy atom. The number of hydrogen-bond donors (Lipinski definition) is 3. The van der Waals surface area contributed by atoms with E-state index in [9.17, 15) is 47.9 Å². The number of fused-ring (bicyclic) bond motifs is 1. The maximum atomic E-state index is 13.8. The predicted octanol–water partition coefficient (Wildman–Crippen LogP) is -3.32. The average Bonchev–Trinajstić information content (AvgIpc) is 2.95. The maximum Gasteiger partial charge on any atom is 1.00 e. The van der Waals surface area contributed by atoms with E-state index in [1.54, 1.807) is 6.92 Å². The Bertz CT molecular complexity index is 2390. The molecule has 49 heavy (non-hydrogen) atoms. The fourth-order valence-corrected chi connectivity index (χ4v) is 7.99. The minimum absolute atomic E-state index is 0. The van der Waals surface area contributed by atoms with Crippen molar-refractivity contribution in [2.45, 2.75) is 33.4 Å². The van der Waals surface area contributed by atoms with Crippen LogP contribution in [0.5, 0.6) is 11.5 Å². The Kier molecular flexibility index (Phi) is 14.0.